The Bertz CT molecular complexity index is 566. The SMILES string of the molecule is C=C=C(Nc1ccc(CCC)cc1)c1ccccc1.CC.[HH]. The lowest BCUT2D eigenvalue weighted by molar-refractivity contribution is 0.922. The lowest BCUT2D eigenvalue weighted by Crippen LogP contribution is -1.97. The van der Waals surface area contributed by atoms with E-state index in [-0.39, 0.29) is 1.43 Å². The first-order valence-electron chi connectivity index (χ1n) is 7.65. The number of rotatable bonds is 5. The van der Waals surface area contributed by atoms with Crippen molar-refractivity contribution in [2.75, 3.05) is 5.32 Å². The van der Waals surface area contributed by atoms with E-state index in [2.05, 4.69) is 48.8 Å². The number of nitrogens with one attached hydrogen (secondary N) is 1. The third kappa shape index (κ3) is 5.33. The summed E-state index contributed by atoms with van der Waals surface area (Å²) < 4.78 is 0. The number of benzene rings is 2. The van der Waals surface area contributed by atoms with Crippen molar-refractivity contribution in [1.82, 2.24) is 0 Å². The lowest BCUT2D eigenvalue weighted by Gasteiger charge is -2.09. The van der Waals surface area contributed by atoms with Crippen LogP contribution >= 0.6 is 0 Å². The maximum absolute atomic E-state index is 3.76. The zero-order valence-electron chi connectivity index (χ0n) is 13.3. The van der Waals surface area contributed by atoms with Gasteiger partial charge in [-0.1, -0.05) is 76.2 Å². The molecule has 0 bridgehead atoms. The van der Waals surface area contributed by atoms with Crippen LogP contribution in [0, 0.1) is 0 Å². The van der Waals surface area contributed by atoms with Gasteiger partial charge in [-0.05, 0) is 24.1 Å². The Balaban J connectivity index is 0.00000141. The van der Waals surface area contributed by atoms with E-state index in [0.29, 0.717) is 0 Å². The Morgan fingerprint density at radius 1 is 1.05 bits per heavy atom. The molecule has 0 aliphatic rings. The average molecular weight is 281 g/mol. The molecule has 0 unspecified atom stereocenters. The second kappa shape index (κ2) is 9.63. The van der Waals surface area contributed by atoms with Gasteiger partial charge in [0.05, 0.1) is 5.70 Å². The first-order chi connectivity index (χ1) is 10.3. The van der Waals surface area contributed by atoms with Crippen LogP contribution in [0.25, 0.3) is 5.70 Å². The quantitative estimate of drug-likeness (QED) is 0.648. The van der Waals surface area contributed by atoms with E-state index >= 15 is 0 Å². The van der Waals surface area contributed by atoms with Crippen LogP contribution in [0.5, 0.6) is 0 Å². The number of anilines is 1. The monoisotopic (exact) mass is 281 g/mol. The Labute approximate surface area is 130 Å². The molecule has 0 atom stereocenters. The Hall–Kier alpha value is -2.24. The van der Waals surface area contributed by atoms with Crippen molar-refractivity contribution in [3.05, 3.63) is 78.0 Å². The van der Waals surface area contributed by atoms with Crippen molar-refractivity contribution in [2.24, 2.45) is 0 Å². The molecule has 0 aliphatic carbocycles. The Morgan fingerprint density at radius 2 is 1.67 bits per heavy atom. The van der Waals surface area contributed by atoms with Gasteiger partial charge >= 0.3 is 0 Å². The lowest BCUT2D eigenvalue weighted by atomic mass is 10.1. The van der Waals surface area contributed by atoms with Gasteiger partial charge in [-0.25, -0.2) is 0 Å². The zero-order chi connectivity index (χ0) is 15.5. The van der Waals surface area contributed by atoms with Crippen LogP contribution in [-0.2, 0) is 6.42 Å². The highest BCUT2D eigenvalue weighted by atomic mass is 14.9. The first kappa shape index (κ1) is 16.8. The maximum atomic E-state index is 3.76. The average Bonchev–Trinajstić information content (AvgIpc) is 2.57. The molecule has 0 amide bonds. The molecule has 2 aromatic rings. The summed E-state index contributed by atoms with van der Waals surface area (Å²) in [5.41, 5.74) is 7.40. The summed E-state index contributed by atoms with van der Waals surface area (Å²) in [6.45, 7) is 9.95. The van der Waals surface area contributed by atoms with Crippen LogP contribution < -0.4 is 5.32 Å². The van der Waals surface area contributed by atoms with E-state index in [1.165, 1.54) is 12.0 Å². The minimum absolute atomic E-state index is 0. The molecule has 0 aromatic heterocycles. The maximum Gasteiger partial charge on any atom is 0.0885 e. The fourth-order valence-corrected chi connectivity index (χ4v) is 2.01. The smallest absolute Gasteiger partial charge is 0.0885 e. The van der Waals surface area contributed by atoms with Gasteiger partial charge < -0.3 is 5.32 Å². The third-order valence-electron chi connectivity index (χ3n) is 3.00. The number of aryl methyl sites for hydroxylation is 1. The summed E-state index contributed by atoms with van der Waals surface area (Å²) in [6.07, 6.45) is 2.30. The van der Waals surface area contributed by atoms with E-state index in [4.69, 9.17) is 0 Å². The molecule has 0 fully saturated rings. The molecule has 0 saturated heterocycles. The molecule has 0 saturated carbocycles. The second-order valence-corrected chi connectivity index (χ2v) is 4.49. The summed E-state index contributed by atoms with van der Waals surface area (Å²) in [5, 5.41) is 3.36. The van der Waals surface area contributed by atoms with Gasteiger partial charge in [0.15, 0.2) is 0 Å². The predicted molar refractivity (Wildman–Crippen MR) is 96.5 cm³/mol. The van der Waals surface area contributed by atoms with Crippen LogP contribution in [0.2, 0.25) is 0 Å². The fourth-order valence-electron chi connectivity index (χ4n) is 2.01. The number of hydrogen-bond acceptors (Lipinski definition) is 1. The van der Waals surface area contributed by atoms with E-state index in [1.54, 1.807) is 0 Å². The van der Waals surface area contributed by atoms with Gasteiger partial charge in [-0.3, -0.25) is 0 Å². The molecule has 0 aliphatic heterocycles. The predicted octanol–water partition coefficient (Wildman–Crippen LogP) is 6.15. The highest BCUT2D eigenvalue weighted by Gasteiger charge is 2.00. The van der Waals surface area contributed by atoms with Crippen molar-refractivity contribution in [2.45, 2.75) is 33.6 Å². The molecule has 2 rings (SSSR count). The summed E-state index contributed by atoms with van der Waals surface area (Å²) in [7, 11) is 0. The molecule has 1 N–H and O–H groups in total. The minimum atomic E-state index is 0. The largest absolute Gasteiger partial charge is 0.349 e. The van der Waals surface area contributed by atoms with Gasteiger partial charge in [-0.15, -0.1) is 5.73 Å². The van der Waals surface area contributed by atoms with Crippen molar-refractivity contribution in [1.29, 1.82) is 0 Å². The highest BCUT2D eigenvalue weighted by molar-refractivity contribution is 5.76. The summed E-state index contributed by atoms with van der Waals surface area (Å²) in [6, 6.07) is 18.7. The molecule has 112 valence electrons. The highest BCUT2D eigenvalue weighted by Crippen LogP contribution is 2.18. The molecule has 1 heteroatoms. The molecule has 21 heavy (non-hydrogen) atoms. The molecule has 0 radical (unpaired) electrons. The van der Waals surface area contributed by atoms with Crippen molar-refractivity contribution in [3.63, 3.8) is 0 Å². The number of hydrogen-bond donors (Lipinski definition) is 1. The molecule has 0 heterocycles. The van der Waals surface area contributed by atoms with Gasteiger partial charge in [0.25, 0.3) is 0 Å². The molecular formula is C20H27N. The zero-order valence-corrected chi connectivity index (χ0v) is 13.3. The van der Waals surface area contributed by atoms with E-state index in [9.17, 15) is 0 Å². The third-order valence-corrected chi connectivity index (χ3v) is 3.00. The van der Waals surface area contributed by atoms with Crippen LogP contribution in [0.15, 0.2) is 66.9 Å². The van der Waals surface area contributed by atoms with Gasteiger partial charge in [-0.2, -0.15) is 0 Å². The van der Waals surface area contributed by atoms with Crippen LogP contribution in [0.1, 0.15) is 39.7 Å². The summed E-state index contributed by atoms with van der Waals surface area (Å²) >= 11 is 0. The standard InChI is InChI=1S/C18H19N.C2H6.H2/c1-3-8-15-11-13-17(14-12-15)19-18(4-2)16-9-6-5-7-10-16;1-2;/h5-7,9-14,19H,2-3,8H2,1H3;1-2H3;1H. The van der Waals surface area contributed by atoms with E-state index < -0.39 is 0 Å². The second-order valence-electron chi connectivity index (χ2n) is 4.49. The van der Waals surface area contributed by atoms with Crippen molar-refractivity contribution in [3.8, 4) is 0 Å². The Kier molecular flexibility index (Phi) is 7.71. The van der Waals surface area contributed by atoms with Crippen molar-refractivity contribution >= 4 is 11.4 Å². The molecular weight excluding hydrogens is 254 g/mol. The van der Waals surface area contributed by atoms with Gasteiger partial charge in [0.2, 0.25) is 0 Å². The molecule has 0 spiro atoms. The Morgan fingerprint density at radius 3 is 2.19 bits per heavy atom. The van der Waals surface area contributed by atoms with E-state index in [0.717, 1.165) is 23.4 Å². The minimum Gasteiger partial charge on any atom is -0.349 e. The van der Waals surface area contributed by atoms with Gasteiger partial charge in [0.1, 0.15) is 0 Å². The first-order valence-corrected chi connectivity index (χ1v) is 7.65. The fraction of sp³-hybridized carbons (Fsp3) is 0.250. The summed E-state index contributed by atoms with van der Waals surface area (Å²) in [4.78, 5) is 0. The summed E-state index contributed by atoms with van der Waals surface area (Å²) in [5.74, 6) is 0. The van der Waals surface area contributed by atoms with Crippen LogP contribution in [-0.4, -0.2) is 0 Å². The van der Waals surface area contributed by atoms with Crippen LogP contribution in [0.4, 0.5) is 5.69 Å². The molecule has 2 aromatic carbocycles. The van der Waals surface area contributed by atoms with Crippen molar-refractivity contribution < 1.29 is 1.43 Å². The normalized spacial score (nSPS) is 9.10. The van der Waals surface area contributed by atoms with Crippen LogP contribution in [0.3, 0.4) is 0 Å². The van der Waals surface area contributed by atoms with E-state index in [1.807, 2.05) is 44.2 Å². The topological polar surface area (TPSA) is 12.0 Å². The van der Waals surface area contributed by atoms with Gasteiger partial charge in [0, 0.05) is 12.7 Å². The molecule has 1 nitrogen and oxygen atoms in total.